The summed E-state index contributed by atoms with van der Waals surface area (Å²) in [6, 6.07) is 10.9. The van der Waals surface area contributed by atoms with E-state index in [2.05, 4.69) is 28.5 Å². The Labute approximate surface area is 155 Å². The molecule has 0 aliphatic carbocycles. The van der Waals surface area contributed by atoms with Crippen LogP contribution in [0, 0.1) is 0 Å². The highest BCUT2D eigenvalue weighted by molar-refractivity contribution is 7.98. The summed E-state index contributed by atoms with van der Waals surface area (Å²) in [5.41, 5.74) is 10.6. The zero-order valence-electron chi connectivity index (χ0n) is 14.9. The molecule has 0 unspecified atom stereocenters. The first-order chi connectivity index (χ1) is 12.5. The van der Waals surface area contributed by atoms with Gasteiger partial charge in [-0.1, -0.05) is 11.2 Å². The number of rotatable bonds is 5. The van der Waals surface area contributed by atoms with Crippen molar-refractivity contribution in [2.75, 3.05) is 31.0 Å². The molecule has 4 aromatic rings. The van der Waals surface area contributed by atoms with Crippen LogP contribution in [0.1, 0.15) is 11.1 Å². The molecule has 0 amide bonds. The van der Waals surface area contributed by atoms with Gasteiger partial charge >= 0.3 is 0 Å². The molecule has 0 atom stereocenters. The van der Waals surface area contributed by atoms with Crippen LogP contribution in [0.25, 0.3) is 22.1 Å². The molecular formula is C19H20N4O2S. The van der Waals surface area contributed by atoms with Crippen molar-refractivity contribution in [2.45, 2.75) is 17.7 Å². The molecule has 134 valence electrons. The van der Waals surface area contributed by atoms with E-state index < -0.39 is 0 Å². The van der Waals surface area contributed by atoms with E-state index in [0.29, 0.717) is 11.8 Å². The molecular weight excluding hydrogens is 348 g/mol. The van der Waals surface area contributed by atoms with Crippen molar-refractivity contribution in [3.8, 4) is 0 Å². The predicted octanol–water partition coefficient (Wildman–Crippen LogP) is 4.12. The number of nitrogens with zero attached hydrogens (tertiary/aromatic N) is 3. The largest absolute Gasteiger partial charge is 0.423 e. The minimum absolute atomic E-state index is 0.430. The van der Waals surface area contributed by atoms with Gasteiger partial charge in [-0.25, -0.2) is 0 Å². The number of oxazole rings is 1. The summed E-state index contributed by atoms with van der Waals surface area (Å²) in [4.78, 5) is 7.71. The Balaban J connectivity index is 1.66. The average molecular weight is 368 g/mol. The van der Waals surface area contributed by atoms with E-state index in [0.717, 1.165) is 34.9 Å². The van der Waals surface area contributed by atoms with Crippen molar-refractivity contribution >= 4 is 45.7 Å². The number of aryl methyl sites for hydroxylation is 2. The van der Waals surface area contributed by atoms with E-state index in [-0.39, 0.29) is 0 Å². The maximum atomic E-state index is 5.89. The molecule has 0 spiro atoms. The fourth-order valence-corrected chi connectivity index (χ4v) is 3.48. The van der Waals surface area contributed by atoms with Gasteiger partial charge in [0, 0.05) is 19.0 Å². The number of hydrogen-bond acceptors (Lipinski definition) is 7. The fraction of sp³-hybridized carbons (Fsp3) is 0.263. The van der Waals surface area contributed by atoms with E-state index in [9.17, 15) is 0 Å². The van der Waals surface area contributed by atoms with Crippen LogP contribution in [-0.4, -0.2) is 30.5 Å². The Morgan fingerprint density at radius 1 is 1.12 bits per heavy atom. The molecule has 0 bridgehead atoms. The maximum Gasteiger partial charge on any atom is 0.297 e. The number of benzene rings is 2. The summed E-state index contributed by atoms with van der Waals surface area (Å²) in [5.74, 6) is 0.430. The van der Waals surface area contributed by atoms with Gasteiger partial charge in [0.25, 0.3) is 6.01 Å². The molecule has 2 aromatic carbocycles. The normalized spacial score (nSPS) is 11.5. The number of fused-ring (bicyclic) bond motifs is 2. The van der Waals surface area contributed by atoms with Crippen LogP contribution in [0.4, 0.5) is 11.8 Å². The molecule has 26 heavy (non-hydrogen) atoms. The highest BCUT2D eigenvalue weighted by Gasteiger charge is 2.14. The van der Waals surface area contributed by atoms with Crippen molar-refractivity contribution in [3.05, 3.63) is 41.5 Å². The molecule has 4 rings (SSSR count). The van der Waals surface area contributed by atoms with Crippen LogP contribution in [0.3, 0.4) is 0 Å². The van der Waals surface area contributed by atoms with E-state index >= 15 is 0 Å². The van der Waals surface area contributed by atoms with Gasteiger partial charge in [0.05, 0.1) is 5.39 Å². The first kappa shape index (κ1) is 16.8. The third-order valence-corrected chi connectivity index (χ3v) is 5.11. The van der Waals surface area contributed by atoms with Gasteiger partial charge in [-0.3, -0.25) is 0 Å². The number of nitrogen functional groups attached to an aromatic ring is 1. The summed E-state index contributed by atoms with van der Waals surface area (Å²) in [6.07, 6.45) is 3.80. The fourth-order valence-electron chi connectivity index (χ4n) is 2.99. The van der Waals surface area contributed by atoms with Crippen LogP contribution in [0.5, 0.6) is 0 Å². The Hall–Kier alpha value is -2.67. The lowest BCUT2D eigenvalue weighted by Gasteiger charge is -2.05. The van der Waals surface area contributed by atoms with Gasteiger partial charge in [0.15, 0.2) is 17.0 Å². The van der Waals surface area contributed by atoms with Crippen LogP contribution >= 0.6 is 11.8 Å². The minimum Gasteiger partial charge on any atom is -0.423 e. The summed E-state index contributed by atoms with van der Waals surface area (Å²) in [6.45, 7) is 0. The molecule has 0 aliphatic rings. The SMILES string of the molecule is CSc1cc(CCc2ccc3c(N)noc3c2)c2nc(N(C)C)oc2c1. The topological polar surface area (TPSA) is 81.3 Å². The molecule has 0 saturated carbocycles. The highest BCUT2D eigenvalue weighted by atomic mass is 32.2. The van der Waals surface area contributed by atoms with E-state index in [4.69, 9.17) is 14.7 Å². The Bertz CT molecular complexity index is 1080. The number of hydrogen-bond donors (Lipinski definition) is 1. The first-order valence-electron chi connectivity index (χ1n) is 8.33. The first-order valence-corrected chi connectivity index (χ1v) is 9.56. The molecule has 7 heteroatoms. The smallest absolute Gasteiger partial charge is 0.297 e. The predicted molar refractivity (Wildman–Crippen MR) is 106 cm³/mol. The number of thioether (sulfide) groups is 1. The van der Waals surface area contributed by atoms with Gasteiger partial charge in [0.1, 0.15) is 5.52 Å². The molecule has 2 heterocycles. The highest BCUT2D eigenvalue weighted by Crippen LogP contribution is 2.30. The number of aromatic nitrogens is 2. The zero-order valence-corrected chi connectivity index (χ0v) is 15.8. The average Bonchev–Trinajstić information content (AvgIpc) is 3.23. The second-order valence-electron chi connectivity index (χ2n) is 6.42. The standard InChI is InChI=1S/C19H20N4O2S/c1-23(2)19-21-17-12(9-13(26-3)10-16(17)24-19)6-4-11-5-7-14-15(8-11)25-22-18(14)20/h5,7-10H,4,6H2,1-3H3,(H2,20,22). The van der Waals surface area contributed by atoms with Gasteiger partial charge in [-0.2, -0.15) is 4.98 Å². The lowest BCUT2D eigenvalue weighted by atomic mass is 10.0. The van der Waals surface area contributed by atoms with Crippen molar-refractivity contribution in [2.24, 2.45) is 0 Å². The van der Waals surface area contributed by atoms with Crippen LogP contribution in [0.15, 0.2) is 44.2 Å². The second kappa shape index (κ2) is 6.57. The molecule has 0 saturated heterocycles. The van der Waals surface area contributed by atoms with Crippen molar-refractivity contribution in [1.82, 2.24) is 10.1 Å². The van der Waals surface area contributed by atoms with Crippen molar-refractivity contribution in [3.63, 3.8) is 0 Å². The summed E-state index contributed by atoms with van der Waals surface area (Å²) in [7, 11) is 3.86. The monoisotopic (exact) mass is 368 g/mol. The van der Waals surface area contributed by atoms with Crippen molar-refractivity contribution in [1.29, 1.82) is 0 Å². The summed E-state index contributed by atoms with van der Waals surface area (Å²) in [5, 5.41) is 4.67. The maximum absolute atomic E-state index is 5.89. The van der Waals surface area contributed by atoms with Gasteiger partial charge in [0.2, 0.25) is 0 Å². The third-order valence-electron chi connectivity index (χ3n) is 4.40. The Morgan fingerprint density at radius 2 is 1.96 bits per heavy atom. The molecule has 0 aliphatic heterocycles. The van der Waals surface area contributed by atoms with Crippen LogP contribution in [0.2, 0.25) is 0 Å². The van der Waals surface area contributed by atoms with E-state index in [1.54, 1.807) is 11.8 Å². The third kappa shape index (κ3) is 2.99. The number of nitrogens with two attached hydrogens (primary N) is 1. The van der Waals surface area contributed by atoms with Crippen molar-refractivity contribution < 1.29 is 8.94 Å². The van der Waals surface area contributed by atoms with Crippen LogP contribution in [-0.2, 0) is 12.8 Å². The molecule has 2 N–H and O–H groups in total. The Kier molecular flexibility index (Phi) is 4.24. The zero-order chi connectivity index (χ0) is 18.3. The van der Waals surface area contributed by atoms with E-state index in [1.165, 1.54) is 16.0 Å². The lowest BCUT2D eigenvalue weighted by Crippen LogP contribution is -2.08. The minimum atomic E-state index is 0.430. The van der Waals surface area contributed by atoms with Gasteiger partial charge in [-0.15, -0.1) is 11.8 Å². The van der Waals surface area contributed by atoms with Gasteiger partial charge in [-0.05, 0) is 54.5 Å². The second-order valence-corrected chi connectivity index (χ2v) is 7.30. The van der Waals surface area contributed by atoms with Gasteiger partial charge < -0.3 is 19.6 Å². The quantitative estimate of drug-likeness (QED) is 0.531. The number of anilines is 2. The molecule has 0 fully saturated rings. The van der Waals surface area contributed by atoms with Crippen LogP contribution < -0.4 is 10.6 Å². The summed E-state index contributed by atoms with van der Waals surface area (Å²) >= 11 is 1.70. The molecule has 6 nitrogen and oxygen atoms in total. The lowest BCUT2D eigenvalue weighted by molar-refractivity contribution is 0.460. The molecule has 0 radical (unpaired) electrons. The Morgan fingerprint density at radius 3 is 2.73 bits per heavy atom. The summed E-state index contributed by atoms with van der Waals surface area (Å²) < 4.78 is 11.2. The van der Waals surface area contributed by atoms with E-state index in [1.807, 2.05) is 37.2 Å². The molecule has 2 aromatic heterocycles.